The van der Waals surface area contributed by atoms with E-state index in [-0.39, 0.29) is 40.6 Å². The summed E-state index contributed by atoms with van der Waals surface area (Å²) in [7, 11) is 0. The van der Waals surface area contributed by atoms with Crippen LogP contribution in [-0.4, -0.2) is 61.4 Å². The van der Waals surface area contributed by atoms with Gasteiger partial charge in [0.15, 0.2) is 0 Å². The quantitative estimate of drug-likeness (QED) is 0.243. The van der Waals surface area contributed by atoms with Gasteiger partial charge in [0.05, 0.1) is 6.61 Å². The largest absolute Gasteiger partial charge is 2.00 e. The van der Waals surface area contributed by atoms with E-state index in [0.29, 0.717) is 6.61 Å². The molecule has 0 aliphatic carbocycles. The van der Waals surface area contributed by atoms with Gasteiger partial charge in [0, 0.05) is 0 Å². The average Bonchev–Trinajstić information content (AvgIpc) is 2.35. The maximum atomic E-state index is 10.9. The van der Waals surface area contributed by atoms with Crippen LogP contribution in [-0.2, 0) is 14.3 Å². The van der Waals surface area contributed by atoms with Gasteiger partial charge in [-0.1, -0.05) is 64.7 Å². The van der Waals surface area contributed by atoms with Crippen molar-refractivity contribution in [3.63, 3.8) is 0 Å². The number of carboxylic acid groups (broad SMARTS) is 1. The third-order valence-corrected chi connectivity index (χ3v) is 3.06. The van der Waals surface area contributed by atoms with E-state index in [1.807, 2.05) is 0 Å². The minimum absolute atomic E-state index is 0. The summed E-state index contributed by atoms with van der Waals surface area (Å²) in [6.07, 6.45) is 11.7. The van der Waals surface area contributed by atoms with Crippen molar-refractivity contribution in [3.05, 3.63) is 0 Å². The Hall–Kier alpha value is 0.200. The van der Waals surface area contributed by atoms with E-state index in [1.165, 1.54) is 51.4 Å². The van der Waals surface area contributed by atoms with Crippen molar-refractivity contribution < 1.29 is 22.3 Å². The molecular weight excluding hydrogens is 284 g/mol. The Bertz CT molecular complexity index is 254. The van der Waals surface area contributed by atoms with Gasteiger partial charge in [0.25, 0.3) is 0 Å². The molecule has 0 rings (SSSR count). The molecule has 0 heterocycles. The minimum Gasteiger partial charge on any atom is -1.00 e. The van der Waals surface area contributed by atoms with Crippen LogP contribution in [0.1, 0.15) is 80.4 Å². The SMILES string of the molecule is CCCCCCCCCCCCOC(=O)CC(=O)O.[Ca+2].[H-].[H-]. The van der Waals surface area contributed by atoms with E-state index in [9.17, 15) is 9.59 Å². The molecule has 0 aliphatic heterocycles. The van der Waals surface area contributed by atoms with Gasteiger partial charge in [0.2, 0.25) is 0 Å². The molecule has 116 valence electrons. The Kier molecular flexibility index (Phi) is 19.4. The monoisotopic (exact) mass is 314 g/mol. The molecule has 0 saturated heterocycles. The van der Waals surface area contributed by atoms with Gasteiger partial charge in [-0.05, 0) is 6.42 Å². The first-order chi connectivity index (χ1) is 9.16. The molecule has 20 heavy (non-hydrogen) atoms. The molecule has 0 aromatic rings. The van der Waals surface area contributed by atoms with Crippen LogP contribution in [0.15, 0.2) is 0 Å². The number of ether oxygens (including phenoxy) is 1. The second-order valence-corrected chi connectivity index (χ2v) is 4.97. The number of carbonyl (C=O) groups excluding carboxylic acids is 1. The van der Waals surface area contributed by atoms with Crippen molar-refractivity contribution in [2.75, 3.05) is 6.61 Å². The first-order valence-corrected chi connectivity index (χ1v) is 7.54. The zero-order chi connectivity index (χ0) is 14.3. The second kappa shape index (κ2) is 17.3. The summed E-state index contributed by atoms with van der Waals surface area (Å²) >= 11 is 0. The summed E-state index contributed by atoms with van der Waals surface area (Å²) in [5, 5.41) is 8.36. The van der Waals surface area contributed by atoms with Gasteiger partial charge < -0.3 is 12.7 Å². The van der Waals surface area contributed by atoms with E-state index in [0.717, 1.165) is 12.8 Å². The Morgan fingerprint density at radius 2 is 1.35 bits per heavy atom. The molecule has 1 N–H and O–H groups in total. The van der Waals surface area contributed by atoms with Crippen molar-refractivity contribution in [2.24, 2.45) is 0 Å². The van der Waals surface area contributed by atoms with Crippen LogP contribution in [0.5, 0.6) is 0 Å². The molecule has 0 aromatic carbocycles. The number of hydrogen-bond acceptors (Lipinski definition) is 3. The molecule has 0 spiro atoms. The van der Waals surface area contributed by atoms with Crippen molar-refractivity contribution in [2.45, 2.75) is 77.6 Å². The minimum atomic E-state index is -1.13. The molecule has 0 aromatic heterocycles. The first-order valence-electron chi connectivity index (χ1n) is 7.54. The number of carbonyl (C=O) groups is 2. The zero-order valence-electron chi connectivity index (χ0n) is 14.9. The van der Waals surface area contributed by atoms with E-state index in [2.05, 4.69) is 6.92 Å². The van der Waals surface area contributed by atoms with Crippen LogP contribution in [0.4, 0.5) is 0 Å². The van der Waals surface area contributed by atoms with Crippen LogP contribution in [0.2, 0.25) is 0 Å². The summed E-state index contributed by atoms with van der Waals surface area (Å²) in [6.45, 7) is 2.58. The van der Waals surface area contributed by atoms with Crippen molar-refractivity contribution in [1.82, 2.24) is 0 Å². The van der Waals surface area contributed by atoms with Gasteiger partial charge in [-0.25, -0.2) is 0 Å². The Morgan fingerprint density at radius 1 is 0.900 bits per heavy atom. The van der Waals surface area contributed by atoms with Crippen molar-refractivity contribution >= 4 is 49.7 Å². The summed E-state index contributed by atoms with van der Waals surface area (Å²) in [5.41, 5.74) is 0. The van der Waals surface area contributed by atoms with Gasteiger partial charge in [0.1, 0.15) is 6.42 Å². The van der Waals surface area contributed by atoms with Crippen molar-refractivity contribution in [1.29, 1.82) is 0 Å². The maximum Gasteiger partial charge on any atom is 2.00 e. The predicted molar refractivity (Wildman–Crippen MR) is 83.0 cm³/mol. The van der Waals surface area contributed by atoms with Gasteiger partial charge in [-0.15, -0.1) is 0 Å². The van der Waals surface area contributed by atoms with Crippen LogP contribution >= 0.6 is 0 Å². The first kappa shape index (κ1) is 22.5. The standard InChI is InChI=1S/C15H28O4.Ca.2H/c1-2-3-4-5-6-7-8-9-10-11-12-19-15(18)13-14(16)17;;;/h2-13H2,1H3,(H,16,17);;;/q;+2;2*-1. The van der Waals surface area contributed by atoms with E-state index in [1.54, 1.807) is 0 Å². The van der Waals surface area contributed by atoms with Gasteiger partial charge >= 0.3 is 49.7 Å². The molecular formula is C15H30CaO4. The molecule has 0 amide bonds. The average molecular weight is 314 g/mol. The molecule has 0 fully saturated rings. The van der Waals surface area contributed by atoms with Crippen molar-refractivity contribution in [3.8, 4) is 0 Å². The Labute approximate surface area is 155 Å². The number of aliphatic carboxylic acids is 1. The number of esters is 1. The normalized spacial score (nSPS) is 9.85. The summed E-state index contributed by atoms with van der Waals surface area (Å²) in [5.74, 6) is -1.77. The van der Waals surface area contributed by atoms with Crippen LogP contribution in [0.25, 0.3) is 0 Å². The van der Waals surface area contributed by atoms with Crippen LogP contribution < -0.4 is 0 Å². The maximum absolute atomic E-state index is 10.9. The third-order valence-electron chi connectivity index (χ3n) is 3.06. The molecule has 0 radical (unpaired) electrons. The molecule has 0 saturated carbocycles. The summed E-state index contributed by atoms with van der Waals surface area (Å²) in [4.78, 5) is 21.1. The Morgan fingerprint density at radius 3 is 1.80 bits per heavy atom. The Balaban J connectivity index is -0.000000540. The zero-order valence-corrected chi connectivity index (χ0v) is 15.1. The number of hydrogen-bond donors (Lipinski definition) is 1. The van der Waals surface area contributed by atoms with E-state index < -0.39 is 18.4 Å². The third kappa shape index (κ3) is 18.2. The van der Waals surface area contributed by atoms with E-state index >= 15 is 0 Å². The predicted octanol–water partition coefficient (Wildman–Crippen LogP) is 3.77. The fourth-order valence-corrected chi connectivity index (χ4v) is 1.95. The molecule has 0 aliphatic rings. The topological polar surface area (TPSA) is 63.6 Å². The van der Waals surface area contributed by atoms with Gasteiger partial charge in [-0.3, -0.25) is 9.59 Å². The van der Waals surface area contributed by atoms with Gasteiger partial charge in [-0.2, -0.15) is 0 Å². The molecule has 4 nitrogen and oxygen atoms in total. The fraction of sp³-hybridized carbons (Fsp3) is 0.867. The summed E-state index contributed by atoms with van der Waals surface area (Å²) in [6, 6.07) is 0. The molecule has 0 atom stereocenters. The number of rotatable bonds is 13. The van der Waals surface area contributed by atoms with Crippen LogP contribution in [0.3, 0.4) is 0 Å². The smallest absolute Gasteiger partial charge is 1.00 e. The molecule has 0 bridgehead atoms. The number of unbranched alkanes of at least 4 members (excludes halogenated alkanes) is 9. The molecule has 5 heteroatoms. The van der Waals surface area contributed by atoms with Crippen LogP contribution in [0, 0.1) is 0 Å². The second-order valence-electron chi connectivity index (χ2n) is 4.97. The summed E-state index contributed by atoms with van der Waals surface area (Å²) < 4.78 is 4.81. The van der Waals surface area contributed by atoms with E-state index in [4.69, 9.17) is 9.84 Å². The fourth-order valence-electron chi connectivity index (χ4n) is 1.95. The molecule has 0 unspecified atom stereocenters. The number of carboxylic acids is 1.